The highest BCUT2D eigenvalue weighted by Crippen LogP contribution is 2.37. The molecule has 1 N–H and O–H groups in total. The van der Waals surface area contributed by atoms with Crippen LogP contribution in [0.2, 0.25) is 5.15 Å². The summed E-state index contributed by atoms with van der Waals surface area (Å²) in [7, 11) is 0. The van der Waals surface area contributed by atoms with E-state index >= 15 is 0 Å². The first-order valence-corrected chi connectivity index (χ1v) is 5.77. The summed E-state index contributed by atoms with van der Waals surface area (Å²) in [4.78, 5) is 4.57. The van der Waals surface area contributed by atoms with Gasteiger partial charge in [0.15, 0.2) is 10.3 Å². The van der Waals surface area contributed by atoms with Crippen molar-refractivity contribution in [1.29, 1.82) is 5.26 Å². The Morgan fingerprint density at radius 3 is 3.07 bits per heavy atom. The first-order valence-electron chi connectivity index (χ1n) is 4.57. The van der Waals surface area contributed by atoms with Gasteiger partial charge in [0, 0.05) is 6.04 Å². The van der Waals surface area contributed by atoms with Gasteiger partial charge in [-0.15, -0.1) is 0 Å². The summed E-state index contributed by atoms with van der Waals surface area (Å²) in [6.07, 6.45) is 2.40. The lowest BCUT2D eigenvalue weighted by molar-refractivity contribution is 0.774. The van der Waals surface area contributed by atoms with Gasteiger partial charge in [0.25, 0.3) is 0 Å². The second kappa shape index (κ2) is 3.76. The molecule has 0 spiro atoms. The lowest BCUT2D eigenvalue weighted by Crippen LogP contribution is -2.03. The van der Waals surface area contributed by atoms with E-state index < -0.39 is 0 Å². The Bertz CT molecular complexity index is 382. The van der Waals surface area contributed by atoms with Crippen LogP contribution in [0.5, 0.6) is 0 Å². The third-order valence-corrected chi connectivity index (χ3v) is 3.72. The minimum Gasteiger partial charge on any atom is -0.358 e. The highest BCUT2D eigenvalue weighted by atomic mass is 35.5. The summed E-state index contributed by atoms with van der Waals surface area (Å²) in [6.45, 7) is 2.18. The first kappa shape index (κ1) is 9.75. The highest BCUT2D eigenvalue weighted by Gasteiger charge is 2.35. The number of nitrogens with zero attached hydrogens (tertiary/aromatic N) is 2. The fourth-order valence-corrected chi connectivity index (χ4v) is 2.48. The molecule has 0 saturated heterocycles. The fraction of sp³-hybridized carbons (Fsp3) is 0.556. The van der Waals surface area contributed by atoms with Crippen LogP contribution in [0.15, 0.2) is 0 Å². The van der Waals surface area contributed by atoms with Crippen molar-refractivity contribution in [1.82, 2.24) is 4.98 Å². The fourth-order valence-electron chi connectivity index (χ4n) is 1.47. The molecule has 2 atom stereocenters. The third kappa shape index (κ3) is 1.84. The standard InChI is InChI=1S/C9H10ClN3S/c1-2-5-3-6(5)12-9-13-8(10)7(4-11)14-9/h5-6H,2-3H2,1H3,(H,12,13)/t5-,6-/m1/s1. The van der Waals surface area contributed by atoms with Crippen LogP contribution in [0.4, 0.5) is 5.13 Å². The van der Waals surface area contributed by atoms with Gasteiger partial charge in [-0.25, -0.2) is 4.98 Å². The molecule has 74 valence electrons. The van der Waals surface area contributed by atoms with Gasteiger partial charge in [0.1, 0.15) is 10.9 Å². The van der Waals surface area contributed by atoms with Gasteiger partial charge in [-0.3, -0.25) is 0 Å². The number of aromatic nitrogens is 1. The largest absolute Gasteiger partial charge is 0.358 e. The van der Waals surface area contributed by atoms with Crippen LogP contribution >= 0.6 is 22.9 Å². The molecule has 0 unspecified atom stereocenters. The Labute approximate surface area is 91.7 Å². The second-order valence-electron chi connectivity index (χ2n) is 3.41. The molecule has 0 bridgehead atoms. The number of rotatable bonds is 3. The predicted molar refractivity (Wildman–Crippen MR) is 57.6 cm³/mol. The summed E-state index contributed by atoms with van der Waals surface area (Å²) in [5, 5.41) is 13.1. The molecule has 5 heteroatoms. The Kier molecular flexibility index (Phi) is 2.62. The predicted octanol–water partition coefficient (Wildman–Crippen LogP) is 2.88. The maximum Gasteiger partial charge on any atom is 0.185 e. The molecule has 14 heavy (non-hydrogen) atoms. The maximum atomic E-state index is 8.69. The van der Waals surface area contributed by atoms with Gasteiger partial charge < -0.3 is 5.32 Å². The van der Waals surface area contributed by atoms with Crippen LogP contribution in [0.3, 0.4) is 0 Å². The van der Waals surface area contributed by atoms with Crippen molar-refractivity contribution in [3.8, 4) is 6.07 Å². The first-order chi connectivity index (χ1) is 6.74. The van der Waals surface area contributed by atoms with E-state index in [-0.39, 0.29) is 0 Å². The molecule has 0 radical (unpaired) electrons. The van der Waals surface area contributed by atoms with Crippen LogP contribution in [0, 0.1) is 17.2 Å². The van der Waals surface area contributed by atoms with Crippen molar-refractivity contribution in [3.05, 3.63) is 10.0 Å². The van der Waals surface area contributed by atoms with Crippen LogP contribution in [0.25, 0.3) is 0 Å². The van der Waals surface area contributed by atoms with Crippen LogP contribution in [-0.2, 0) is 0 Å². The molecule has 1 aliphatic carbocycles. The molecular weight excluding hydrogens is 218 g/mol. The lowest BCUT2D eigenvalue weighted by Gasteiger charge is -1.98. The van der Waals surface area contributed by atoms with E-state index in [1.165, 1.54) is 24.2 Å². The average molecular weight is 228 g/mol. The lowest BCUT2D eigenvalue weighted by atomic mass is 10.3. The van der Waals surface area contributed by atoms with Gasteiger partial charge >= 0.3 is 0 Å². The van der Waals surface area contributed by atoms with E-state index in [9.17, 15) is 0 Å². The quantitative estimate of drug-likeness (QED) is 0.864. The minimum absolute atomic E-state index is 0.314. The summed E-state index contributed by atoms with van der Waals surface area (Å²) in [5.74, 6) is 0.767. The molecule has 0 amide bonds. The Morgan fingerprint density at radius 1 is 1.79 bits per heavy atom. The normalized spacial score (nSPS) is 24.4. The number of anilines is 1. The molecule has 1 fully saturated rings. The van der Waals surface area contributed by atoms with Crippen molar-refractivity contribution in [2.75, 3.05) is 5.32 Å². The zero-order chi connectivity index (χ0) is 10.1. The Hall–Kier alpha value is -0.790. The van der Waals surface area contributed by atoms with Crippen LogP contribution < -0.4 is 5.32 Å². The smallest absolute Gasteiger partial charge is 0.185 e. The Balaban J connectivity index is 2.01. The number of thiazole rings is 1. The molecule has 1 aliphatic rings. The molecule has 0 aliphatic heterocycles. The van der Waals surface area contributed by atoms with Crippen LogP contribution in [-0.4, -0.2) is 11.0 Å². The SMILES string of the molecule is CC[C@@H]1C[C@H]1Nc1nc(Cl)c(C#N)s1. The molecule has 2 rings (SSSR count). The summed E-state index contributed by atoms with van der Waals surface area (Å²) >= 11 is 7.08. The number of nitrogens with one attached hydrogen (secondary N) is 1. The van der Waals surface area contributed by atoms with E-state index in [0.717, 1.165) is 11.0 Å². The number of halogens is 1. The average Bonchev–Trinajstić information content (AvgIpc) is 2.82. The van der Waals surface area contributed by atoms with Gasteiger partial charge in [-0.2, -0.15) is 5.26 Å². The second-order valence-corrected chi connectivity index (χ2v) is 4.76. The summed E-state index contributed by atoms with van der Waals surface area (Å²) in [5.41, 5.74) is 0. The van der Waals surface area contributed by atoms with E-state index in [0.29, 0.717) is 16.1 Å². The maximum absolute atomic E-state index is 8.69. The number of nitriles is 1. The van der Waals surface area contributed by atoms with Crippen molar-refractivity contribution in [2.24, 2.45) is 5.92 Å². The molecule has 3 nitrogen and oxygen atoms in total. The van der Waals surface area contributed by atoms with E-state index in [1.807, 2.05) is 6.07 Å². The highest BCUT2D eigenvalue weighted by molar-refractivity contribution is 7.16. The van der Waals surface area contributed by atoms with Crippen molar-refractivity contribution in [3.63, 3.8) is 0 Å². The van der Waals surface area contributed by atoms with Crippen LogP contribution in [0.1, 0.15) is 24.6 Å². The summed E-state index contributed by atoms with van der Waals surface area (Å²) < 4.78 is 0. The van der Waals surface area contributed by atoms with Crippen molar-refractivity contribution < 1.29 is 0 Å². The zero-order valence-electron chi connectivity index (χ0n) is 7.75. The molecule has 1 saturated carbocycles. The minimum atomic E-state index is 0.314. The van der Waals surface area contributed by atoms with Gasteiger partial charge in [-0.1, -0.05) is 36.3 Å². The van der Waals surface area contributed by atoms with Gasteiger partial charge in [0.05, 0.1) is 0 Å². The van der Waals surface area contributed by atoms with Crippen molar-refractivity contribution >= 4 is 28.1 Å². The number of hydrogen-bond acceptors (Lipinski definition) is 4. The molecular formula is C9H10ClN3S. The number of hydrogen-bond donors (Lipinski definition) is 1. The topological polar surface area (TPSA) is 48.7 Å². The van der Waals surface area contributed by atoms with Crippen molar-refractivity contribution in [2.45, 2.75) is 25.8 Å². The van der Waals surface area contributed by atoms with Gasteiger partial charge in [-0.05, 0) is 12.3 Å². The van der Waals surface area contributed by atoms with E-state index in [1.54, 1.807) is 0 Å². The molecule has 0 aromatic carbocycles. The zero-order valence-corrected chi connectivity index (χ0v) is 9.32. The molecule has 1 aromatic heterocycles. The Morgan fingerprint density at radius 2 is 2.57 bits per heavy atom. The molecule has 1 aromatic rings. The van der Waals surface area contributed by atoms with E-state index in [4.69, 9.17) is 16.9 Å². The third-order valence-electron chi connectivity index (χ3n) is 2.44. The molecule has 1 heterocycles. The van der Waals surface area contributed by atoms with E-state index in [2.05, 4.69) is 17.2 Å². The monoisotopic (exact) mass is 227 g/mol. The summed E-state index contributed by atoms with van der Waals surface area (Å²) in [6, 6.07) is 2.55. The van der Waals surface area contributed by atoms with Gasteiger partial charge in [0.2, 0.25) is 0 Å².